The van der Waals surface area contributed by atoms with E-state index in [2.05, 4.69) is 9.97 Å². The molecule has 1 heterocycles. The summed E-state index contributed by atoms with van der Waals surface area (Å²) < 4.78 is 25.0. The van der Waals surface area contributed by atoms with Gasteiger partial charge in [0.15, 0.2) is 5.82 Å². The highest BCUT2D eigenvalue weighted by Crippen LogP contribution is 2.27. The molecule has 90 valence electrons. The first-order chi connectivity index (χ1) is 7.99. The fraction of sp³-hybridized carbons (Fsp3) is 0.333. The van der Waals surface area contributed by atoms with Gasteiger partial charge in [0.05, 0.1) is 5.52 Å². The Hall–Kier alpha value is -1.29. The number of rotatable bonds is 2. The van der Waals surface area contributed by atoms with Gasteiger partial charge in [-0.3, -0.25) is 0 Å². The summed E-state index contributed by atoms with van der Waals surface area (Å²) in [7, 11) is 0. The molecule has 0 fully saturated rings. The van der Waals surface area contributed by atoms with Crippen molar-refractivity contribution in [1.82, 2.24) is 9.97 Å². The van der Waals surface area contributed by atoms with Gasteiger partial charge in [-0.05, 0) is 23.6 Å². The normalized spacial score (nSPS) is 11.7. The van der Waals surface area contributed by atoms with E-state index in [4.69, 9.17) is 11.6 Å². The van der Waals surface area contributed by atoms with E-state index in [0.717, 1.165) is 5.56 Å². The van der Waals surface area contributed by atoms with E-state index in [0.29, 0.717) is 16.8 Å². The highest BCUT2D eigenvalue weighted by molar-refractivity contribution is 6.34. The lowest BCUT2D eigenvalue weighted by Gasteiger charge is -2.08. The number of hydrogen-bond donors (Lipinski definition) is 0. The maximum absolute atomic E-state index is 12.5. The van der Waals surface area contributed by atoms with Crippen molar-refractivity contribution in [1.29, 1.82) is 0 Å². The maximum Gasteiger partial charge on any atom is 0.297 e. The summed E-state index contributed by atoms with van der Waals surface area (Å²) in [6, 6.07) is 5.41. The Morgan fingerprint density at radius 3 is 2.47 bits per heavy atom. The summed E-state index contributed by atoms with van der Waals surface area (Å²) >= 11 is 5.90. The number of benzene rings is 1. The average molecular weight is 257 g/mol. The molecule has 0 aliphatic carbocycles. The van der Waals surface area contributed by atoms with Crippen molar-refractivity contribution >= 4 is 22.5 Å². The van der Waals surface area contributed by atoms with Gasteiger partial charge in [0, 0.05) is 5.39 Å². The van der Waals surface area contributed by atoms with Crippen molar-refractivity contribution in [2.45, 2.75) is 26.2 Å². The number of nitrogens with zero attached hydrogens (tertiary/aromatic N) is 2. The fourth-order valence-corrected chi connectivity index (χ4v) is 1.82. The summed E-state index contributed by atoms with van der Waals surface area (Å²) in [5.41, 5.74) is 1.53. The Morgan fingerprint density at radius 2 is 1.88 bits per heavy atom. The number of aromatic nitrogens is 2. The molecular formula is C12H11ClF2N2. The van der Waals surface area contributed by atoms with Crippen LogP contribution >= 0.6 is 11.6 Å². The molecule has 0 spiro atoms. The number of fused-ring (bicyclic) bond motifs is 1. The maximum atomic E-state index is 12.5. The van der Waals surface area contributed by atoms with Gasteiger partial charge in [-0.1, -0.05) is 31.5 Å². The number of alkyl halides is 2. The Bertz CT molecular complexity index is 555. The molecule has 1 aromatic carbocycles. The molecular weight excluding hydrogens is 246 g/mol. The predicted octanol–water partition coefficient (Wildman–Crippen LogP) is 4.34. The van der Waals surface area contributed by atoms with Crippen molar-refractivity contribution < 1.29 is 8.78 Å². The second kappa shape index (κ2) is 4.53. The lowest BCUT2D eigenvalue weighted by molar-refractivity contribution is 0.141. The van der Waals surface area contributed by atoms with E-state index in [1.54, 1.807) is 6.07 Å². The standard InChI is InChI=1S/C12H11ClF2N2/c1-6(2)7-3-4-9-8(5-7)10(13)17-12(16-9)11(14)15/h3-6,11H,1-2H3. The molecule has 2 nitrogen and oxygen atoms in total. The Labute approximate surface area is 103 Å². The van der Waals surface area contributed by atoms with Crippen LogP contribution in [0.2, 0.25) is 5.15 Å². The molecule has 0 aliphatic heterocycles. The molecule has 17 heavy (non-hydrogen) atoms. The first-order valence-electron chi connectivity index (χ1n) is 5.24. The van der Waals surface area contributed by atoms with E-state index >= 15 is 0 Å². The van der Waals surface area contributed by atoms with Crippen LogP contribution in [0.5, 0.6) is 0 Å². The number of halogens is 3. The van der Waals surface area contributed by atoms with Crippen LogP contribution in [-0.2, 0) is 0 Å². The molecule has 0 unspecified atom stereocenters. The molecule has 0 N–H and O–H groups in total. The molecule has 0 atom stereocenters. The van der Waals surface area contributed by atoms with E-state index in [9.17, 15) is 8.78 Å². The van der Waals surface area contributed by atoms with Crippen LogP contribution in [-0.4, -0.2) is 9.97 Å². The van der Waals surface area contributed by atoms with Crippen LogP contribution in [0.25, 0.3) is 10.9 Å². The highest BCUT2D eigenvalue weighted by atomic mass is 35.5. The van der Waals surface area contributed by atoms with Gasteiger partial charge in [-0.25, -0.2) is 18.7 Å². The lowest BCUT2D eigenvalue weighted by atomic mass is 10.0. The first kappa shape index (κ1) is 12.2. The van der Waals surface area contributed by atoms with Gasteiger partial charge >= 0.3 is 0 Å². The van der Waals surface area contributed by atoms with Crippen LogP contribution < -0.4 is 0 Å². The second-order valence-electron chi connectivity index (χ2n) is 4.10. The quantitative estimate of drug-likeness (QED) is 0.747. The Kier molecular flexibility index (Phi) is 3.24. The average Bonchev–Trinajstić information content (AvgIpc) is 2.28. The highest BCUT2D eigenvalue weighted by Gasteiger charge is 2.14. The van der Waals surface area contributed by atoms with Crippen LogP contribution in [0.4, 0.5) is 8.78 Å². The smallest absolute Gasteiger partial charge is 0.227 e. The largest absolute Gasteiger partial charge is 0.297 e. The van der Waals surface area contributed by atoms with E-state index in [1.165, 1.54) is 0 Å². The van der Waals surface area contributed by atoms with Gasteiger partial charge < -0.3 is 0 Å². The zero-order chi connectivity index (χ0) is 12.6. The summed E-state index contributed by atoms with van der Waals surface area (Å²) in [6.45, 7) is 4.09. The van der Waals surface area contributed by atoms with Crippen LogP contribution in [0.15, 0.2) is 18.2 Å². The third-order valence-corrected chi connectivity index (χ3v) is 2.84. The minimum Gasteiger partial charge on any atom is -0.227 e. The summed E-state index contributed by atoms with van der Waals surface area (Å²) in [5, 5.41) is 0.690. The third kappa shape index (κ3) is 2.36. The molecule has 1 aromatic heterocycles. The van der Waals surface area contributed by atoms with Crippen molar-refractivity contribution in [3.63, 3.8) is 0 Å². The molecule has 0 saturated carbocycles. The lowest BCUT2D eigenvalue weighted by Crippen LogP contribution is -1.97. The molecule has 2 rings (SSSR count). The molecule has 0 amide bonds. The van der Waals surface area contributed by atoms with E-state index in [-0.39, 0.29) is 5.15 Å². The zero-order valence-corrected chi connectivity index (χ0v) is 10.2. The fourth-order valence-electron chi connectivity index (χ4n) is 1.58. The summed E-state index contributed by atoms with van der Waals surface area (Å²) in [4.78, 5) is 7.40. The van der Waals surface area contributed by atoms with Gasteiger partial charge in [0.25, 0.3) is 6.43 Å². The minimum absolute atomic E-state index is 0.0767. The van der Waals surface area contributed by atoms with Gasteiger partial charge in [0.2, 0.25) is 0 Å². The SMILES string of the molecule is CC(C)c1ccc2nc(C(F)F)nc(Cl)c2c1. The van der Waals surface area contributed by atoms with Crippen LogP contribution in [0.1, 0.15) is 37.6 Å². The predicted molar refractivity (Wildman–Crippen MR) is 63.6 cm³/mol. The molecule has 0 radical (unpaired) electrons. The van der Waals surface area contributed by atoms with Gasteiger partial charge in [-0.2, -0.15) is 0 Å². The van der Waals surface area contributed by atoms with Crippen molar-refractivity contribution in [2.24, 2.45) is 0 Å². The monoisotopic (exact) mass is 256 g/mol. The molecule has 0 bridgehead atoms. The minimum atomic E-state index is -2.71. The van der Waals surface area contributed by atoms with Crippen molar-refractivity contribution in [2.75, 3.05) is 0 Å². The topological polar surface area (TPSA) is 25.8 Å². The van der Waals surface area contributed by atoms with Crippen LogP contribution in [0, 0.1) is 0 Å². The Morgan fingerprint density at radius 1 is 1.18 bits per heavy atom. The van der Waals surface area contributed by atoms with Gasteiger partial charge in [0.1, 0.15) is 5.15 Å². The molecule has 5 heteroatoms. The third-order valence-electron chi connectivity index (χ3n) is 2.55. The van der Waals surface area contributed by atoms with E-state index < -0.39 is 12.2 Å². The summed E-state index contributed by atoms with van der Waals surface area (Å²) in [5.74, 6) is -0.190. The van der Waals surface area contributed by atoms with Gasteiger partial charge in [-0.15, -0.1) is 0 Å². The van der Waals surface area contributed by atoms with Crippen LogP contribution in [0.3, 0.4) is 0 Å². The number of hydrogen-bond acceptors (Lipinski definition) is 2. The summed E-state index contributed by atoms with van der Waals surface area (Å²) in [6.07, 6.45) is -2.71. The molecule has 0 saturated heterocycles. The zero-order valence-electron chi connectivity index (χ0n) is 9.42. The van der Waals surface area contributed by atoms with Crippen molar-refractivity contribution in [3.8, 4) is 0 Å². The second-order valence-corrected chi connectivity index (χ2v) is 4.46. The molecule has 0 aliphatic rings. The van der Waals surface area contributed by atoms with E-state index in [1.807, 2.05) is 26.0 Å². The first-order valence-corrected chi connectivity index (χ1v) is 5.62. The molecule has 2 aromatic rings. The van der Waals surface area contributed by atoms with Crippen molar-refractivity contribution in [3.05, 3.63) is 34.7 Å². The Balaban J connectivity index is 2.64.